The van der Waals surface area contributed by atoms with Crippen LogP contribution in [0.3, 0.4) is 0 Å². The Bertz CT molecular complexity index is 297. The molecule has 0 spiro atoms. The fourth-order valence-electron chi connectivity index (χ4n) is 0.887. The van der Waals surface area contributed by atoms with Gasteiger partial charge >= 0.3 is 0 Å². The normalized spacial score (nSPS) is 9.79. The molecule has 0 aromatic carbocycles. The van der Waals surface area contributed by atoms with E-state index < -0.39 is 4.92 Å². The molecule has 1 rings (SSSR count). The largest absolute Gasteiger partial charge is 0.478 e. The molecule has 0 radical (unpaired) electrons. The summed E-state index contributed by atoms with van der Waals surface area (Å²) in [5.41, 5.74) is -0.0205. The van der Waals surface area contributed by atoms with Gasteiger partial charge in [0.1, 0.15) is 6.20 Å². The number of pyridine rings is 1. The summed E-state index contributed by atoms with van der Waals surface area (Å²) in [6, 6.07) is 2.89. The maximum Gasteiger partial charge on any atom is 0.287 e. The number of rotatable bonds is 5. The molecule has 0 amide bonds. The Morgan fingerprint density at radius 3 is 2.86 bits per heavy atom. The van der Waals surface area contributed by atoms with Crippen LogP contribution in [-0.2, 0) is 0 Å². The summed E-state index contributed by atoms with van der Waals surface area (Å²) in [4.78, 5) is 13.6. The molecule has 0 aliphatic carbocycles. The van der Waals surface area contributed by atoms with Crippen LogP contribution in [0.2, 0.25) is 0 Å². The Kier molecular flexibility index (Phi) is 3.84. The third-order valence-corrected chi connectivity index (χ3v) is 1.68. The van der Waals surface area contributed by atoms with Crippen molar-refractivity contribution in [2.45, 2.75) is 19.8 Å². The fourth-order valence-corrected chi connectivity index (χ4v) is 0.887. The summed E-state index contributed by atoms with van der Waals surface area (Å²) in [5, 5.41) is 10.3. The molecule has 0 saturated heterocycles. The van der Waals surface area contributed by atoms with Gasteiger partial charge in [-0.15, -0.1) is 0 Å². The first-order valence-electron chi connectivity index (χ1n) is 4.47. The summed E-state index contributed by atoms with van der Waals surface area (Å²) >= 11 is 0. The van der Waals surface area contributed by atoms with Crippen molar-refractivity contribution in [2.24, 2.45) is 0 Å². The van der Waals surface area contributed by atoms with Crippen LogP contribution in [0.1, 0.15) is 19.8 Å². The van der Waals surface area contributed by atoms with Gasteiger partial charge in [0.05, 0.1) is 11.5 Å². The van der Waals surface area contributed by atoms with E-state index in [1.165, 1.54) is 18.3 Å². The highest BCUT2D eigenvalue weighted by Crippen LogP contribution is 2.13. The van der Waals surface area contributed by atoms with Gasteiger partial charge in [0.2, 0.25) is 5.88 Å². The van der Waals surface area contributed by atoms with Crippen LogP contribution in [0.25, 0.3) is 0 Å². The topological polar surface area (TPSA) is 65.3 Å². The van der Waals surface area contributed by atoms with E-state index in [4.69, 9.17) is 4.74 Å². The lowest BCUT2D eigenvalue weighted by Crippen LogP contribution is -1.98. The van der Waals surface area contributed by atoms with E-state index in [0.717, 1.165) is 12.8 Å². The monoisotopic (exact) mass is 196 g/mol. The zero-order chi connectivity index (χ0) is 10.4. The van der Waals surface area contributed by atoms with Crippen molar-refractivity contribution in [1.29, 1.82) is 0 Å². The molecular formula is C9H12N2O3. The van der Waals surface area contributed by atoms with Crippen molar-refractivity contribution < 1.29 is 9.66 Å². The first kappa shape index (κ1) is 10.4. The van der Waals surface area contributed by atoms with Gasteiger partial charge in [-0.05, 0) is 6.42 Å². The summed E-state index contributed by atoms with van der Waals surface area (Å²) < 4.78 is 5.25. The second-order valence-corrected chi connectivity index (χ2v) is 2.81. The van der Waals surface area contributed by atoms with Crippen LogP contribution in [0.15, 0.2) is 18.3 Å². The van der Waals surface area contributed by atoms with E-state index in [2.05, 4.69) is 11.9 Å². The van der Waals surface area contributed by atoms with E-state index in [9.17, 15) is 10.1 Å². The quantitative estimate of drug-likeness (QED) is 0.411. The molecule has 0 bridgehead atoms. The van der Waals surface area contributed by atoms with Gasteiger partial charge in [-0.3, -0.25) is 10.1 Å². The van der Waals surface area contributed by atoms with Crippen LogP contribution < -0.4 is 4.74 Å². The van der Waals surface area contributed by atoms with Crippen molar-refractivity contribution in [3.8, 4) is 5.88 Å². The van der Waals surface area contributed by atoms with E-state index in [0.29, 0.717) is 12.5 Å². The molecule has 0 N–H and O–H groups in total. The molecule has 5 nitrogen and oxygen atoms in total. The first-order valence-corrected chi connectivity index (χ1v) is 4.47. The number of aromatic nitrogens is 1. The number of unbranched alkanes of at least 4 members (excludes halogenated alkanes) is 1. The highest BCUT2D eigenvalue weighted by atomic mass is 16.6. The van der Waals surface area contributed by atoms with E-state index >= 15 is 0 Å². The van der Waals surface area contributed by atoms with Crippen molar-refractivity contribution in [2.75, 3.05) is 6.61 Å². The molecule has 0 saturated carbocycles. The third kappa shape index (κ3) is 3.01. The average Bonchev–Trinajstić information content (AvgIpc) is 2.19. The Hall–Kier alpha value is -1.65. The molecule has 0 aliphatic heterocycles. The molecule has 0 aliphatic rings. The van der Waals surface area contributed by atoms with Crippen molar-refractivity contribution in [1.82, 2.24) is 4.98 Å². The van der Waals surface area contributed by atoms with Crippen LogP contribution >= 0.6 is 0 Å². The first-order chi connectivity index (χ1) is 6.74. The molecule has 1 aromatic heterocycles. The maximum atomic E-state index is 10.3. The molecule has 1 heterocycles. The number of hydrogen-bond acceptors (Lipinski definition) is 4. The van der Waals surface area contributed by atoms with Gasteiger partial charge in [-0.25, -0.2) is 4.98 Å². The summed E-state index contributed by atoms with van der Waals surface area (Å²) in [7, 11) is 0. The van der Waals surface area contributed by atoms with Crippen molar-refractivity contribution in [3.63, 3.8) is 0 Å². The van der Waals surface area contributed by atoms with Gasteiger partial charge in [-0.1, -0.05) is 13.3 Å². The molecule has 5 heteroatoms. The molecule has 0 fully saturated rings. The van der Waals surface area contributed by atoms with Crippen molar-refractivity contribution in [3.05, 3.63) is 28.4 Å². The minimum atomic E-state index is -0.483. The number of nitrogens with zero attached hydrogens (tertiary/aromatic N) is 2. The number of nitro groups is 1. The van der Waals surface area contributed by atoms with Gasteiger partial charge in [-0.2, -0.15) is 0 Å². The van der Waals surface area contributed by atoms with Crippen LogP contribution in [0.5, 0.6) is 5.88 Å². The van der Waals surface area contributed by atoms with E-state index in [-0.39, 0.29) is 5.69 Å². The van der Waals surface area contributed by atoms with E-state index in [1.807, 2.05) is 0 Å². The molecule has 14 heavy (non-hydrogen) atoms. The number of ether oxygens (including phenoxy) is 1. The predicted octanol–water partition coefficient (Wildman–Crippen LogP) is 2.17. The SMILES string of the molecule is CCCCOc1ccc([N+](=O)[O-])cn1. The smallest absolute Gasteiger partial charge is 0.287 e. The second kappa shape index (κ2) is 5.16. The lowest BCUT2D eigenvalue weighted by molar-refractivity contribution is -0.385. The van der Waals surface area contributed by atoms with Gasteiger partial charge < -0.3 is 4.74 Å². The van der Waals surface area contributed by atoms with Gasteiger partial charge in [0.15, 0.2) is 0 Å². The second-order valence-electron chi connectivity index (χ2n) is 2.81. The maximum absolute atomic E-state index is 10.3. The zero-order valence-corrected chi connectivity index (χ0v) is 7.97. The number of hydrogen-bond donors (Lipinski definition) is 0. The molecule has 76 valence electrons. The molecule has 0 atom stereocenters. The molecule has 1 aromatic rings. The fraction of sp³-hybridized carbons (Fsp3) is 0.444. The Morgan fingerprint density at radius 1 is 1.57 bits per heavy atom. The highest BCUT2D eigenvalue weighted by molar-refractivity contribution is 5.28. The highest BCUT2D eigenvalue weighted by Gasteiger charge is 2.04. The Labute approximate surface area is 81.9 Å². The Morgan fingerprint density at radius 2 is 2.36 bits per heavy atom. The minimum Gasteiger partial charge on any atom is -0.478 e. The van der Waals surface area contributed by atoms with E-state index in [1.54, 1.807) is 0 Å². The lowest BCUT2D eigenvalue weighted by atomic mass is 10.4. The minimum absolute atomic E-state index is 0.0205. The third-order valence-electron chi connectivity index (χ3n) is 1.68. The standard InChI is InChI=1S/C9H12N2O3/c1-2-3-6-14-9-5-4-8(7-10-9)11(12)13/h4-5,7H,2-3,6H2,1H3. The Balaban J connectivity index is 2.51. The predicted molar refractivity (Wildman–Crippen MR) is 51.3 cm³/mol. The van der Waals surface area contributed by atoms with Gasteiger partial charge in [0.25, 0.3) is 5.69 Å². The molecule has 0 unspecified atom stereocenters. The summed E-state index contributed by atoms with van der Waals surface area (Å²) in [6.07, 6.45) is 3.20. The lowest BCUT2D eigenvalue weighted by Gasteiger charge is -2.02. The van der Waals surface area contributed by atoms with Gasteiger partial charge in [0, 0.05) is 12.1 Å². The summed E-state index contributed by atoms with van der Waals surface area (Å²) in [6.45, 7) is 2.66. The van der Waals surface area contributed by atoms with Crippen LogP contribution in [0, 0.1) is 10.1 Å². The summed E-state index contributed by atoms with van der Waals surface area (Å²) in [5.74, 6) is 0.434. The average molecular weight is 196 g/mol. The van der Waals surface area contributed by atoms with Crippen LogP contribution in [-0.4, -0.2) is 16.5 Å². The van der Waals surface area contributed by atoms with Crippen LogP contribution in [0.4, 0.5) is 5.69 Å². The van der Waals surface area contributed by atoms with Crippen molar-refractivity contribution >= 4 is 5.69 Å². The molecular weight excluding hydrogens is 184 g/mol. The zero-order valence-electron chi connectivity index (χ0n) is 7.97.